The number of hydrogen-bond acceptors (Lipinski definition) is 3. The van der Waals surface area contributed by atoms with E-state index in [4.69, 9.17) is 16.3 Å². The molecule has 0 bridgehead atoms. The Morgan fingerprint density at radius 3 is 2.89 bits per heavy atom. The van der Waals surface area contributed by atoms with Crippen molar-refractivity contribution in [3.63, 3.8) is 0 Å². The largest absolute Gasteiger partial charge is 0.380 e. The number of rotatable bonds is 4. The van der Waals surface area contributed by atoms with Crippen LogP contribution in [-0.2, 0) is 4.74 Å². The Morgan fingerprint density at radius 1 is 1.42 bits per heavy atom. The molecule has 1 heterocycles. The fourth-order valence-electron chi connectivity index (χ4n) is 2.60. The Labute approximate surface area is 120 Å². The highest BCUT2D eigenvalue weighted by atomic mass is 35.5. The van der Waals surface area contributed by atoms with Gasteiger partial charge in [-0.15, -0.1) is 0 Å². The highest BCUT2D eigenvalue weighted by molar-refractivity contribution is 6.34. The maximum Gasteiger partial charge on any atom is 0.0786 e. The number of halogens is 1. The SMILES string of the molecule is CCC1CC(Nc2cccc(Cl)c2N(C)C)CCO1. The van der Waals surface area contributed by atoms with Gasteiger partial charge in [-0.2, -0.15) is 0 Å². The van der Waals surface area contributed by atoms with Gasteiger partial charge in [0.15, 0.2) is 0 Å². The predicted octanol–water partition coefficient (Wildman–Crippen LogP) is 3.78. The van der Waals surface area contributed by atoms with Crippen molar-refractivity contribution < 1.29 is 4.74 Å². The summed E-state index contributed by atoms with van der Waals surface area (Å²) in [4.78, 5) is 2.06. The zero-order valence-electron chi connectivity index (χ0n) is 11.9. The van der Waals surface area contributed by atoms with Gasteiger partial charge < -0.3 is 15.0 Å². The zero-order valence-corrected chi connectivity index (χ0v) is 12.7. The van der Waals surface area contributed by atoms with Crippen molar-refractivity contribution in [2.45, 2.75) is 38.3 Å². The number of benzene rings is 1. The average molecular weight is 283 g/mol. The highest BCUT2D eigenvalue weighted by Gasteiger charge is 2.22. The van der Waals surface area contributed by atoms with Gasteiger partial charge in [0.1, 0.15) is 0 Å². The highest BCUT2D eigenvalue weighted by Crippen LogP contribution is 2.34. The van der Waals surface area contributed by atoms with Gasteiger partial charge in [0.2, 0.25) is 0 Å². The Morgan fingerprint density at radius 2 is 2.21 bits per heavy atom. The maximum atomic E-state index is 6.29. The number of para-hydroxylation sites is 1. The van der Waals surface area contributed by atoms with Gasteiger partial charge >= 0.3 is 0 Å². The maximum absolute atomic E-state index is 6.29. The molecule has 0 saturated carbocycles. The molecule has 0 spiro atoms. The smallest absolute Gasteiger partial charge is 0.0786 e. The number of ether oxygens (including phenoxy) is 1. The van der Waals surface area contributed by atoms with Crippen LogP contribution in [0.3, 0.4) is 0 Å². The van der Waals surface area contributed by atoms with E-state index in [1.165, 1.54) is 0 Å². The van der Waals surface area contributed by atoms with Crippen LogP contribution in [0.4, 0.5) is 11.4 Å². The molecular formula is C15H23ClN2O. The molecule has 1 aliphatic heterocycles. The molecule has 1 fully saturated rings. The summed E-state index contributed by atoms with van der Waals surface area (Å²) in [5.41, 5.74) is 2.17. The first-order valence-corrected chi connectivity index (χ1v) is 7.33. The van der Waals surface area contributed by atoms with Crippen LogP contribution in [0.5, 0.6) is 0 Å². The summed E-state index contributed by atoms with van der Waals surface area (Å²) >= 11 is 6.29. The molecule has 1 aromatic rings. The molecule has 0 aliphatic carbocycles. The van der Waals surface area contributed by atoms with Crippen LogP contribution in [0, 0.1) is 0 Å². The molecule has 1 N–H and O–H groups in total. The second-order valence-electron chi connectivity index (χ2n) is 5.30. The van der Waals surface area contributed by atoms with Crippen molar-refractivity contribution in [1.82, 2.24) is 0 Å². The Bertz CT molecular complexity index is 423. The van der Waals surface area contributed by atoms with E-state index in [2.05, 4.69) is 23.2 Å². The van der Waals surface area contributed by atoms with Gasteiger partial charge in [-0.1, -0.05) is 24.6 Å². The van der Waals surface area contributed by atoms with Crippen molar-refractivity contribution in [3.8, 4) is 0 Å². The Balaban J connectivity index is 2.12. The first kappa shape index (κ1) is 14.5. The fourth-order valence-corrected chi connectivity index (χ4v) is 2.95. The van der Waals surface area contributed by atoms with E-state index in [0.717, 1.165) is 42.3 Å². The summed E-state index contributed by atoms with van der Waals surface area (Å²) in [7, 11) is 4.04. The van der Waals surface area contributed by atoms with Crippen LogP contribution in [0.1, 0.15) is 26.2 Å². The molecule has 106 valence electrons. The normalized spacial score (nSPS) is 23.2. The molecule has 0 aromatic heterocycles. The van der Waals surface area contributed by atoms with Gasteiger partial charge in [-0.3, -0.25) is 0 Å². The molecule has 1 aromatic carbocycles. The van der Waals surface area contributed by atoms with Crippen LogP contribution in [0.25, 0.3) is 0 Å². The molecule has 4 heteroatoms. The molecule has 0 amide bonds. The zero-order chi connectivity index (χ0) is 13.8. The van der Waals surface area contributed by atoms with E-state index >= 15 is 0 Å². The van der Waals surface area contributed by atoms with Crippen LogP contribution in [-0.4, -0.2) is 32.8 Å². The third kappa shape index (κ3) is 3.54. The second-order valence-corrected chi connectivity index (χ2v) is 5.70. The van der Waals surface area contributed by atoms with E-state index in [9.17, 15) is 0 Å². The third-order valence-corrected chi connectivity index (χ3v) is 3.92. The lowest BCUT2D eigenvalue weighted by Crippen LogP contribution is -2.34. The summed E-state index contributed by atoms with van der Waals surface area (Å²) in [5.74, 6) is 0. The first-order chi connectivity index (χ1) is 9.11. The molecule has 2 atom stereocenters. The van der Waals surface area contributed by atoms with Crippen LogP contribution < -0.4 is 10.2 Å². The minimum absolute atomic E-state index is 0.383. The van der Waals surface area contributed by atoms with Crippen molar-refractivity contribution in [3.05, 3.63) is 23.2 Å². The van der Waals surface area contributed by atoms with Gasteiger partial charge in [-0.05, 0) is 31.4 Å². The number of hydrogen-bond donors (Lipinski definition) is 1. The molecule has 3 nitrogen and oxygen atoms in total. The van der Waals surface area contributed by atoms with Crippen molar-refractivity contribution >= 4 is 23.0 Å². The van der Waals surface area contributed by atoms with Gasteiger partial charge in [-0.25, -0.2) is 0 Å². The van der Waals surface area contributed by atoms with Gasteiger partial charge in [0.05, 0.1) is 22.5 Å². The van der Waals surface area contributed by atoms with Gasteiger partial charge in [0, 0.05) is 26.7 Å². The summed E-state index contributed by atoms with van der Waals surface area (Å²) in [6.07, 6.45) is 3.58. The average Bonchev–Trinajstić information content (AvgIpc) is 2.38. The molecular weight excluding hydrogens is 260 g/mol. The van der Waals surface area contributed by atoms with Crippen molar-refractivity contribution in [1.29, 1.82) is 0 Å². The lowest BCUT2D eigenvalue weighted by Gasteiger charge is -2.31. The summed E-state index contributed by atoms with van der Waals surface area (Å²) in [5, 5.41) is 4.42. The number of anilines is 2. The molecule has 2 rings (SSSR count). The standard InChI is InChI=1S/C15H23ClN2O/c1-4-12-10-11(8-9-19-12)17-14-7-5-6-13(16)15(14)18(2)3/h5-7,11-12,17H,4,8-10H2,1-3H3. The molecule has 1 saturated heterocycles. The first-order valence-electron chi connectivity index (χ1n) is 6.95. The lowest BCUT2D eigenvalue weighted by atomic mass is 10.0. The summed E-state index contributed by atoms with van der Waals surface area (Å²) in [6.45, 7) is 3.02. The number of nitrogens with zero attached hydrogens (tertiary/aromatic N) is 1. The fraction of sp³-hybridized carbons (Fsp3) is 0.600. The minimum atomic E-state index is 0.383. The predicted molar refractivity (Wildman–Crippen MR) is 82.5 cm³/mol. The monoisotopic (exact) mass is 282 g/mol. The molecule has 0 radical (unpaired) electrons. The summed E-state index contributed by atoms with van der Waals surface area (Å²) < 4.78 is 5.72. The van der Waals surface area contributed by atoms with E-state index in [-0.39, 0.29) is 0 Å². The van der Waals surface area contributed by atoms with Crippen LogP contribution in [0.2, 0.25) is 5.02 Å². The van der Waals surface area contributed by atoms with Crippen molar-refractivity contribution in [2.75, 3.05) is 30.9 Å². The minimum Gasteiger partial charge on any atom is -0.380 e. The van der Waals surface area contributed by atoms with Crippen LogP contribution in [0.15, 0.2) is 18.2 Å². The topological polar surface area (TPSA) is 24.5 Å². The number of nitrogens with one attached hydrogen (secondary N) is 1. The third-order valence-electron chi connectivity index (χ3n) is 3.62. The van der Waals surface area contributed by atoms with E-state index < -0.39 is 0 Å². The Kier molecular flexibility index (Phi) is 4.94. The van der Waals surface area contributed by atoms with Gasteiger partial charge in [0.25, 0.3) is 0 Å². The quantitative estimate of drug-likeness (QED) is 0.910. The molecule has 2 unspecified atom stereocenters. The Hall–Kier alpha value is -0.930. The van der Waals surface area contributed by atoms with Crippen molar-refractivity contribution in [2.24, 2.45) is 0 Å². The summed E-state index contributed by atoms with van der Waals surface area (Å²) in [6, 6.07) is 6.49. The second kappa shape index (κ2) is 6.49. The van der Waals surface area contributed by atoms with Crippen LogP contribution >= 0.6 is 11.6 Å². The lowest BCUT2D eigenvalue weighted by molar-refractivity contribution is 0.00926. The van der Waals surface area contributed by atoms with E-state index in [0.29, 0.717) is 12.1 Å². The van der Waals surface area contributed by atoms with E-state index in [1.807, 2.05) is 26.2 Å². The molecule has 19 heavy (non-hydrogen) atoms. The van der Waals surface area contributed by atoms with E-state index in [1.54, 1.807) is 0 Å². The molecule has 1 aliphatic rings.